The zero-order valence-electron chi connectivity index (χ0n) is 16.6. The van der Waals surface area contributed by atoms with Gasteiger partial charge in [-0.15, -0.1) is 0 Å². The third-order valence-corrected chi connectivity index (χ3v) is 6.81. The minimum atomic E-state index is -1.06. The van der Waals surface area contributed by atoms with Crippen molar-refractivity contribution in [3.8, 4) is 11.5 Å². The first-order valence-corrected chi connectivity index (χ1v) is 9.10. The first-order chi connectivity index (χ1) is 12.6. The molecule has 3 rings (SSSR count). The predicted molar refractivity (Wildman–Crippen MR) is 105 cm³/mol. The fraction of sp³-hybridized carbons (Fsp3) is 0.391. The summed E-state index contributed by atoms with van der Waals surface area (Å²) >= 11 is 0. The Bertz CT molecular complexity index is 920. The van der Waals surface area contributed by atoms with Crippen LogP contribution in [-0.4, -0.2) is 23.8 Å². The first kappa shape index (κ1) is 19.2. The van der Waals surface area contributed by atoms with Crippen molar-refractivity contribution in [3.05, 3.63) is 59.2 Å². The number of phenolic OH excluding ortho intramolecular Hbond substituents is 1. The van der Waals surface area contributed by atoms with Crippen molar-refractivity contribution < 1.29 is 19.4 Å². The molecule has 4 heteroatoms. The number of ether oxygens (including phenoxy) is 1. The molecule has 1 aromatic rings. The lowest BCUT2D eigenvalue weighted by Gasteiger charge is -2.54. The summed E-state index contributed by atoms with van der Waals surface area (Å²) in [4.78, 5) is 26.9. The standard InChI is InChI=1S/C23H26O4/c1-7-15-11-12-22(4)20(25)13(2)14(3)21(26)23(22,5)19(15)18-16(24)9-8-10-17(18)27-6/h7-11,19,24H,1,12H2,2-6H3/t19-,22+,23-/m1/s1. The summed E-state index contributed by atoms with van der Waals surface area (Å²) in [6.45, 7) is 11.1. The summed E-state index contributed by atoms with van der Waals surface area (Å²) in [5.74, 6) is -0.0840. The van der Waals surface area contributed by atoms with Gasteiger partial charge in [-0.1, -0.05) is 38.6 Å². The van der Waals surface area contributed by atoms with Gasteiger partial charge >= 0.3 is 0 Å². The Kier molecular flexibility index (Phi) is 4.41. The third kappa shape index (κ3) is 2.29. The molecular weight excluding hydrogens is 340 g/mol. The highest BCUT2D eigenvalue weighted by atomic mass is 16.5. The molecule has 1 N–H and O–H groups in total. The lowest BCUT2D eigenvalue weighted by molar-refractivity contribution is -0.147. The summed E-state index contributed by atoms with van der Waals surface area (Å²) in [5, 5.41) is 10.7. The van der Waals surface area contributed by atoms with Crippen LogP contribution in [0.25, 0.3) is 0 Å². The average Bonchev–Trinajstić information content (AvgIpc) is 2.66. The second-order valence-electron chi connectivity index (χ2n) is 7.88. The molecule has 3 atom stereocenters. The van der Waals surface area contributed by atoms with Crippen molar-refractivity contribution in [3.63, 3.8) is 0 Å². The number of hydrogen-bond acceptors (Lipinski definition) is 4. The van der Waals surface area contributed by atoms with Crippen molar-refractivity contribution in [2.24, 2.45) is 10.8 Å². The Morgan fingerprint density at radius 3 is 2.41 bits per heavy atom. The van der Waals surface area contributed by atoms with Crippen LogP contribution in [0.2, 0.25) is 0 Å². The van der Waals surface area contributed by atoms with Gasteiger partial charge in [-0.3, -0.25) is 9.59 Å². The molecule has 0 unspecified atom stereocenters. The number of Topliss-reactive ketones (excluding diaryl/α,β-unsaturated/α-hetero) is 2. The zero-order valence-corrected chi connectivity index (χ0v) is 16.6. The number of ketones is 2. The molecule has 0 radical (unpaired) electrons. The number of hydrogen-bond donors (Lipinski definition) is 1. The fourth-order valence-electron chi connectivity index (χ4n) is 4.81. The number of carbonyl (C=O) groups excluding carboxylic acids is 2. The second kappa shape index (κ2) is 6.22. The average molecular weight is 366 g/mol. The number of carbonyl (C=O) groups is 2. The van der Waals surface area contributed by atoms with Crippen LogP contribution in [0.5, 0.6) is 11.5 Å². The Morgan fingerprint density at radius 1 is 1.19 bits per heavy atom. The summed E-state index contributed by atoms with van der Waals surface area (Å²) < 4.78 is 5.51. The zero-order chi connectivity index (χ0) is 20.1. The van der Waals surface area contributed by atoms with E-state index < -0.39 is 16.7 Å². The van der Waals surface area contributed by atoms with E-state index in [1.807, 2.05) is 19.9 Å². The maximum Gasteiger partial charge on any atom is 0.166 e. The van der Waals surface area contributed by atoms with Gasteiger partial charge in [0.05, 0.1) is 12.5 Å². The molecule has 0 amide bonds. The van der Waals surface area contributed by atoms with E-state index in [0.29, 0.717) is 28.9 Å². The van der Waals surface area contributed by atoms with Crippen LogP contribution >= 0.6 is 0 Å². The fourth-order valence-corrected chi connectivity index (χ4v) is 4.81. The number of fused-ring (bicyclic) bond motifs is 1. The van der Waals surface area contributed by atoms with Crippen molar-refractivity contribution in [1.29, 1.82) is 0 Å². The van der Waals surface area contributed by atoms with Gasteiger partial charge < -0.3 is 9.84 Å². The van der Waals surface area contributed by atoms with Crippen LogP contribution in [-0.2, 0) is 9.59 Å². The topological polar surface area (TPSA) is 63.6 Å². The number of rotatable bonds is 3. The number of benzene rings is 1. The predicted octanol–water partition coefficient (Wildman–Crippen LogP) is 4.50. The molecule has 0 bridgehead atoms. The first-order valence-electron chi connectivity index (χ1n) is 9.10. The van der Waals surface area contributed by atoms with Gasteiger partial charge in [0.2, 0.25) is 0 Å². The van der Waals surface area contributed by atoms with Gasteiger partial charge in [0.1, 0.15) is 11.5 Å². The lowest BCUT2D eigenvalue weighted by atomic mass is 9.45. The van der Waals surface area contributed by atoms with E-state index in [1.54, 1.807) is 38.1 Å². The normalized spacial score (nSPS) is 30.7. The molecule has 4 nitrogen and oxygen atoms in total. The van der Waals surface area contributed by atoms with Gasteiger partial charge in [-0.25, -0.2) is 0 Å². The van der Waals surface area contributed by atoms with Gasteiger partial charge in [0.15, 0.2) is 11.6 Å². The molecule has 0 fully saturated rings. The van der Waals surface area contributed by atoms with Gasteiger partial charge in [-0.05, 0) is 49.1 Å². The summed E-state index contributed by atoms with van der Waals surface area (Å²) in [7, 11) is 1.53. The summed E-state index contributed by atoms with van der Waals surface area (Å²) in [6.07, 6.45) is 4.12. The molecule has 0 saturated heterocycles. The van der Waals surface area contributed by atoms with Gasteiger partial charge in [0, 0.05) is 16.9 Å². The largest absolute Gasteiger partial charge is 0.508 e. The van der Waals surface area contributed by atoms with E-state index in [9.17, 15) is 14.7 Å². The number of methoxy groups -OCH3 is 1. The van der Waals surface area contributed by atoms with E-state index in [2.05, 4.69) is 6.58 Å². The van der Waals surface area contributed by atoms with E-state index in [4.69, 9.17) is 4.74 Å². The molecule has 0 saturated carbocycles. The molecule has 142 valence electrons. The molecule has 1 aromatic carbocycles. The van der Waals surface area contributed by atoms with Crippen molar-refractivity contribution >= 4 is 11.6 Å². The highest BCUT2D eigenvalue weighted by Crippen LogP contribution is 2.63. The van der Waals surface area contributed by atoms with Crippen molar-refractivity contribution in [1.82, 2.24) is 0 Å². The molecule has 2 aliphatic rings. The van der Waals surface area contributed by atoms with Crippen molar-refractivity contribution in [2.75, 3.05) is 7.11 Å². The van der Waals surface area contributed by atoms with Crippen LogP contribution in [0.1, 0.15) is 45.6 Å². The van der Waals surface area contributed by atoms with Crippen LogP contribution in [0.3, 0.4) is 0 Å². The second-order valence-corrected chi connectivity index (χ2v) is 7.88. The third-order valence-electron chi connectivity index (χ3n) is 6.81. The Labute approximate surface area is 160 Å². The van der Waals surface area contributed by atoms with E-state index in [1.165, 1.54) is 7.11 Å². The molecular formula is C23H26O4. The van der Waals surface area contributed by atoms with Crippen LogP contribution in [0.15, 0.2) is 53.6 Å². The summed E-state index contributed by atoms with van der Waals surface area (Å²) in [6, 6.07) is 5.04. The number of allylic oxidation sites excluding steroid dienone is 5. The highest BCUT2D eigenvalue weighted by molar-refractivity contribution is 6.17. The lowest BCUT2D eigenvalue weighted by Crippen LogP contribution is -2.57. The Morgan fingerprint density at radius 2 is 1.81 bits per heavy atom. The quantitative estimate of drug-likeness (QED) is 0.855. The van der Waals surface area contributed by atoms with E-state index >= 15 is 0 Å². The van der Waals surface area contributed by atoms with Crippen LogP contribution in [0.4, 0.5) is 0 Å². The maximum atomic E-state index is 13.6. The minimum Gasteiger partial charge on any atom is -0.508 e. The molecule has 0 aliphatic heterocycles. The molecule has 0 spiro atoms. The van der Waals surface area contributed by atoms with E-state index in [0.717, 1.165) is 5.57 Å². The van der Waals surface area contributed by atoms with E-state index in [-0.39, 0.29) is 17.3 Å². The smallest absolute Gasteiger partial charge is 0.166 e. The number of phenols is 1. The Hall–Kier alpha value is -2.62. The molecule has 0 aromatic heterocycles. The number of aromatic hydroxyl groups is 1. The highest BCUT2D eigenvalue weighted by Gasteiger charge is 2.63. The molecule has 27 heavy (non-hydrogen) atoms. The SMILES string of the molecule is C=CC1=CC[C@@]2(C)C(=O)C(C)=C(C)C(=O)[C@@]2(C)[C@H]1c1c(O)cccc1OC. The molecule has 0 heterocycles. The van der Waals surface area contributed by atoms with Crippen LogP contribution < -0.4 is 4.74 Å². The maximum absolute atomic E-state index is 13.6. The molecule has 2 aliphatic carbocycles. The minimum absolute atomic E-state index is 0.0131. The van der Waals surface area contributed by atoms with Gasteiger partial charge in [0.25, 0.3) is 0 Å². The van der Waals surface area contributed by atoms with Gasteiger partial charge in [-0.2, -0.15) is 0 Å². The van der Waals surface area contributed by atoms with Crippen molar-refractivity contribution in [2.45, 2.75) is 40.0 Å². The summed E-state index contributed by atoms with van der Waals surface area (Å²) in [5.41, 5.74) is 0.399. The monoisotopic (exact) mass is 366 g/mol. The van der Waals surface area contributed by atoms with Crippen LogP contribution in [0, 0.1) is 10.8 Å². The Balaban J connectivity index is 2.41.